The van der Waals surface area contributed by atoms with Crippen LogP contribution in [-0.4, -0.2) is 26.3 Å². The van der Waals surface area contributed by atoms with Gasteiger partial charge in [-0.05, 0) is 36.7 Å². The quantitative estimate of drug-likeness (QED) is 0.877. The van der Waals surface area contributed by atoms with E-state index in [-0.39, 0.29) is 0 Å². The Morgan fingerprint density at radius 3 is 2.40 bits per heavy atom. The fraction of sp³-hybridized carbons (Fsp3) is 0.462. The first kappa shape index (κ1) is 14.8. The Balaban J connectivity index is 2.17. The Morgan fingerprint density at radius 1 is 1.20 bits per heavy atom. The average molecular weight is 339 g/mol. The van der Waals surface area contributed by atoms with E-state index in [0.29, 0.717) is 6.54 Å². The Kier molecular flexibility index (Phi) is 4.59. The van der Waals surface area contributed by atoms with Gasteiger partial charge in [0.15, 0.2) is 0 Å². The molecular weight excluding hydrogens is 320 g/mol. The number of nitrogens with one attached hydrogen (secondary N) is 2. The Morgan fingerprint density at radius 2 is 1.85 bits per heavy atom. The molecule has 0 fully saturated rings. The molecule has 2 rings (SSSR count). The van der Waals surface area contributed by atoms with E-state index in [4.69, 9.17) is 0 Å². The molecule has 0 atom stereocenters. The van der Waals surface area contributed by atoms with Crippen LogP contribution in [-0.2, 0) is 13.6 Å². The van der Waals surface area contributed by atoms with Gasteiger partial charge in [-0.3, -0.25) is 4.68 Å². The number of halogens is 1. The van der Waals surface area contributed by atoms with E-state index in [1.54, 1.807) is 6.33 Å². The van der Waals surface area contributed by atoms with Gasteiger partial charge in [-0.2, -0.15) is 5.10 Å². The molecular formula is C13H19BrN6. The molecule has 108 valence electrons. The summed E-state index contributed by atoms with van der Waals surface area (Å²) in [7, 11) is 1.95. The predicted molar refractivity (Wildman–Crippen MR) is 83.9 cm³/mol. The molecule has 0 saturated heterocycles. The molecule has 0 spiro atoms. The number of hydrogen-bond donors (Lipinski definition) is 2. The van der Waals surface area contributed by atoms with Gasteiger partial charge in [-0.1, -0.05) is 0 Å². The maximum absolute atomic E-state index is 4.41. The van der Waals surface area contributed by atoms with Crippen LogP contribution in [0.15, 0.2) is 10.8 Å². The summed E-state index contributed by atoms with van der Waals surface area (Å²) in [5, 5.41) is 10.9. The molecule has 0 aromatic carbocycles. The lowest BCUT2D eigenvalue weighted by Gasteiger charge is -2.11. The maximum Gasteiger partial charge on any atom is 0.146 e. The molecule has 0 bridgehead atoms. The predicted octanol–water partition coefficient (Wildman–Crippen LogP) is 2.63. The third kappa shape index (κ3) is 2.92. The molecule has 0 saturated carbocycles. The van der Waals surface area contributed by atoms with Gasteiger partial charge < -0.3 is 10.6 Å². The highest BCUT2D eigenvalue weighted by Crippen LogP contribution is 2.27. The fourth-order valence-corrected chi connectivity index (χ4v) is 2.51. The number of nitrogens with zero attached hydrogens (tertiary/aromatic N) is 4. The zero-order valence-electron chi connectivity index (χ0n) is 12.2. The van der Waals surface area contributed by atoms with Gasteiger partial charge in [0.1, 0.15) is 22.4 Å². The first-order valence-corrected chi connectivity index (χ1v) is 7.31. The zero-order chi connectivity index (χ0) is 14.7. The second-order valence-electron chi connectivity index (χ2n) is 4.54. The third-order valence-corrected chi connectivity index (χ3v) is 3.98. The van der Waals surface area contributed by atoms with Gasteiger partial charge in [0.05, 0.1) is 5.69 Å². The summed E-state index contributed by atoms with van der Waals surface area (Å²) in [6.45, 7) is 7.62. The lowest BCUT2D eigenvalue weighted by atomic mass is 10.2. The summed E-state index contributed by atoms with van der Waals surface area (Å²) >= 11 is 3.53. The van der Waals surface area contributed by atoms with Crippen LogP contribution >= 0.6 is 15.9 Å². The first-order chi connectivity index (χ1) is 9.54. The smallest absolute Gasteiger partial charge is 0.146 e. The van der Waals surface area contributed by atoms with E-state index in [0.717, 1.165) is 34.0 Å². The molecule has 0 amide bonds. The molecule has 6 nitrogen and oxygen atoms in total. The Hall–Kier alpha value is -1.63. The van der Waals surface area contributed by atoms with Crippen LogP contribution < -0.4 is 10.6 Å². The second-order valence-corrected chi connectivity index (χ2v) is 5.33. The van der Waals surface area contributed by atoms with Gasteiger partial charge in [-0.15, -0.1) is 0 Å². The van der Waals surface area contributed by atoms with Gasteiger partial charge in [0, 0.05) is 31.4 Å². The minimum absolute atomic E-state index is 0.687. The normalized spacial score (nSPS) is 10.7. The molecule has 2 heterocycles. The van der Waals surface area contributed by atoms with Crippen molar-refractivity contribution >= 4 is 27.6 Å². The topological polar surface area (TPSA) is 67.7 Å². The summed E-state index contributed by atoms with van der Waals surface area (Å²) in [6.07, 6.45) is 1.55. The van der Waals surface area contributed by atoms with Crippen molar-refractivity contribution in [1.29, 1.82) is 0 Å². The minimum atomic E-state index is 0.687. The molecule has 0 aliphatic carbocycles. The number of rotatable bonds is 5. The molecule has 2 aromatic heterocycles. The highest BCUT2D eigenvalue weighted by atomic mass is 79.9. The van der Waals surface area contributed by atoms with Crippen molar-refractivity contribution in [3.05, 3.63) is 27.8 Å². The molecule has 0 aliphatic rings. The maximum atomic E-state index is 4.41. The van der Waals surface area contributed by atoms with E-state index in [2.05, 4.69) is 48.6 Å². The third-order valence-electron chi connectivity index (χ3n) is 3.23. The van der Waals surface area contributed by atoms with Gasteiger partial charge in [0.25, 0.3) is 0 Å². The first-order valence-electron chi connectivity index (χ1n) is 6.51. The number of aromatic nitrogens is 4. The molecule has 0 radical (unpaired) electrons. The van der Waals surface area contributed by atoms with Crippen LogP contribution in [0.5, 0.6) is 0 Å². The Bertz CT molecular complexity index is 607. The molecule has 2 aromatic rings. The summed E-state index contributed by atoms with van der Waals surface area (Å²) in [5.74, 6) is 1.57. The summed E-state index contributed by atoms with van der Waals surface area (Å²) in [4.78, 5) is 8.46. The van der Waals surface area contributed by atoms with E-state index in [1.807, 2.05) is 25.6 Å². The lowest BCUT2D eigenvalue weighted by molar-refractivity contribution is 0.730. The molecule has 2 N–H and O–H groups in total. The summed E-state index contributed by atoms with van der Waals surface area (Å²) < 4.78 is 2.74. The van der Waals surface area contributed by atoms with E-state index < -0.39 is 0 Å². The van der Waals surface area contributed by atoms with Crippen molar-refractivity contribution in [2.24, 2.45) is 7.05 Å². The van der Waals surface area contributed by atoms with E-state index in [9.17, 15) is 0 Å². The van der Waals surface area contributed by atoms with Crippen molar-refractivity contribution in [3.63, 3.8) is 0 Å². The average Bonchev–Trinajstić information content (AvgIpc) is 2.65. The highest BCUT2D eigenvalue weighted by molar-refractivity contribution is 9.10. The monoisotopic (exact) mass is 338 g/mol. The standard InChI is InChI=1S/C13H19BrN6/c1-5-15-12-11(14)13(18-7-17-12)16-6-10-8(2)19-20(4)9(10)3/h7H,5-6H2,1-4H3,(H2,15,16,17,18). The van der Waals surface area contributed by atoms with Crippen molar-refractivity contribution in [3.8, 4) is 0 Å². The molecule has 0 aliphatic heterocycles. The molecule has 20 heavy (non-hydrogen) atoms. The van der Waals surface area contributed by atoms with Crippen LogP contribution in [0.2, 0.25) is 0 Å². The highest BCUT2D eigenvalue weighted by Gasteiger charge is 2.12. The van der Waals surface area contributed by atoms with Crippen LogP contribution in [0.3, 0.4) is 0 Å². The number of aryl methyl sites for hydroxylation is 2. The summed E-state index contributed by atoms with van der Waals surface area (Å²) in [6, 6.07) is 0. The zero-order valence-corrected chi connectivity index (χ0v) is 13.7. The van der Waals surface area contributed by atoms with Crippen molar-refractivity contribution in [2.45, 2.75) is 27.3 Å². The van der Waals surface area contributed by atoms with Gasteiger partial charge in [-0.25, -0.2) is 9.97 Å². The molecule has 0 unspecified atom stereocenters. The van der Waals surface area contributed by atoms with E-state index >= 15 is 0 Å². The van der Waals surface area contributed by atoms with Crippen molar-refractivity contribution < 1.29 is 0 Å². The van der Waals surface area contributed by atoms with Crippen LogP contribution in [0.25, 0.3) is 0 Å². The Labute approximate surface area is 127 Å². The fourth-order valence-electron chi connectivity index (χ4n) is 2.03. The van der Waals surface area contributed by atoms with Gasteiger partial charge in [0.2, 0.25) is 0 Å². The van der Waals surface area contributed by atoms with Crippen molar-refractivity contribution in [2.75, 3.05) is 17.2 Å². The van der Waals surface area contributed by atoms with E-state index in [1.165, 1.54) is 5.56 Å². The largest absolute Gasteiger partial charge is 0.369 e. The lowest BCUT2D eigenvalue weighted by Crippen LogP contribution is -2.07. The second kappa shape index (κ2) is 6.21. The van der Waals surface area contributed by atoms with Crippen LogP contribution in [0.1, 0.15) is 23.9 Å². The van der Waals surface area contributed by atoms with Crippen LogP contribution in [0.4, 0.5) is 11.6 Å². The number of hydrogen-bond acceptors (Lipinski definition) is 5. The van der Waals surface area contributed by atoms with Crippen molar-refractivity contribution in [1.82, 2.24) is 19.7 Å². The SMILES string of the molecule is CCNc1ncnc(NCc2c(C)nn(C)c2C)c1Br. The number of anilines is 2. The van der Waals surface area contributed by atoms with Gasteiger partial charge >= 0.3 is 0 Å². The minimum Gasteiger partial charge on any atom is -0.369 e. The molecule has 7 heteroatoms. The summed E-state index contributed by atoms with van der Waals surface area (Å²) in [5.41, 5.74) is 3.39. The van der Waals surface area contributed by atoms with Crippen LogP contribution in [0, 0.1) is 13.8 Å².